The fourth-order valence-electron chi connectivity index (χ4n) is 2.72. The molecule has 0 aromatic heterocycles. The molecule has 1 unspecified atom stereocenters. The number of amides is 1. The Hall–Kier alpha value is -2.40. The van der Waals surface area contributed by atoms with Crippen LogP contribution in [0.25, 0.3) is 0 Å². The van der Waals surface area contributed by atoms with E-state index in [2.05, 4.69) is 10.6 Å². The van der Waals surface area contributed by atoms with Crippen molar-refractivity contribution in [2.75, 3.05) is 6.54 Å². The molecule has 0 aliphatic carbocycles. The van der Waals surface area contributed by atoms with Crippen LogP contribution >= 0.6 is 0 Å². The minimum absolute atomic E-state index is 0.0546. The van der Waals surface area contributed by atoms with Crippen LogP contribution in [-0.4, -0.2) is 18.5 Å². The summed E-state index contributed by atoms with van der Waals surface area (Å²) in [6, 6.07) is 13.9. The van der Waals surface area contributed by atoms with Crippen LogP contribution in [0.5, 0.6) is 5.75 Å². The first-order valence-corrected chi connectivity index (χ1v) is 8.18. The van der Waals surface area contributed by atoms with E-state index in [0.717, 1.165) is 30.5 Å². The lowest BCUT2D eigenvalue weighted by Gasteiger charge is -2.11. The molecule has 1 fully saturated rings. The van der Waals surface area contributed by atoms with Crippen LogP contribution < -0.4 is 15.4 Å². The van der Waals surface area contributed by atoms with Crippen molar-refractivity contribution in [2.45, 2.75) is 32.0 Å². The maximum Gasteiger partial charge on any atom is 0.237 e. The van der Waals surface area contributed by atoms with Gasteiger partial charge in [0.25, 0.3) is 0 Å². The fourth-order valence-corrected chi connectivity index (χ4v) is 2.72. The molecule has 4 nitrogen and oxygen atoms in total. The minimum Gasteiger partial charge on any atom is -0.489 e. The average molecular weight is 328 g/mol. The zero-order chi connectivity index (χ0) is 16.8. The minimum atomic E-state index is -0.265. The zero-order valence-electron chi connectivity index (χ0n) is 13.4. The van der Waals surface area contributed by atoms with Crippen molar-refractivity contribution in [2.24, 2.45) is 0 Å². The molecule has 0 spiro atoms. The van der Waals surface area contributed by atoms with E-state index in [9.17, 15) is 9.18 Å². The third-order valence-corrected chi connectivity index (χ3v) is 4.06. The number of hydrogen-bond acceptors (Lipinski definition) is 3. The second-order valence-corrected chi connectivity index (χ2v) is 5.93. The summed E-state index contributed by atoms with van der Waals surface area (Å²) in [5, 5.41) is 6.12. The van der Waals surface area contributed by atoms with Gasteiger partial charge in [-0.3, -0.25) is 4.79 Å². The Balaban J connectivity index is 1.47. The number of carbonyl (C=O) groups is 1. The third kappa shape index (κ3) is 4.55. The van der Waals surface area contributed by atoms with E-state index in [1.807, 2.05) is 30.3 Å². The van der Waals surface area contributed by atoms with E-state index < -0.39 is 0 Å². The Morgan fingerprint density at radius 3 is 2.75 bits per heavy atom. The van der Waals surface area contributed by atoms with E-state index in [0.29, 0.717) is 18.9 Å². The van der Waals surface area contributed by atoms with Crippen LogP contribution in [0.15, 0.2) is 48.5 Å². The van der Waals surface area contributed by atoms with Crippen LogP contribution in [0.4, 0.5) is 4.39 Å². The van der Waals surface area contributed by atoms with Crippen LogP contribution in [0.3, 0.4) is 0 Å². The van der Waals surface area contributed by atoms with E-state index in [1.165, 1.54) is 12.1 Å². The highest BCUT2D eigenvalue weighted by Crippen LogP contribution is 2.15. The molecule has 0 bridgehead atoms. The lowest BCUT2D eigenvalue weighted by molar-refractivity contribution is -0.122. The predicted octanol–water partition coefficient (Wildman–Crippen LogP) is 2.77. The first kappa shape index (κ1) is 16.5. The summed E-state index contributed by atoms with van der Waals surface area (Å²) in [7, 11) is 0. The number of carbonyl (C=O) groups excluding carboxylic acids is 1. The predicted molar refractivity (Wildman–Crippen MR) is 90.0 cm³/mol. The molecular formula is C19H21FN2O2. The second-order valence-electron chi connectivity index (χ2n) is 5.93. The van der Waals surface area contributed by atoms with Crippen molar-refractivity contribution in [1.82, 2.24) is 10.6 Å². The van der Waals surface area contributed by atoms with Crippen molar-refractivity contribution < 1.29 is 13.9 Å². The van der Waals surface area contributed by atoms with Gasteiger partial charge in [-0.1, -0.05) is 24.3 Å². The zero-order valence-corrected chi connectivity index (χ0v) is 13.4. The van der Waals surface area contributed by atoms with Gasteiger partial charge < -0.3 is 15.4 Å². The molecule has 3 rings (SSSR count). The van der Waals surface area contributed by atoms with Crippen LogP contribution in [0.2, 0.25) is 0 Å². The van der Waals surface area contributed by atoms with Gasteiger partial charge in [0.05, 0.1) is 6.04 Å². The molecule has 1 amide bonds. The van der Waals surface area contributed by atoms with Gasteiger partial charge in [0, 0.05) is 6.54 Å². The molecule has 2 aromatic rings. The highest BCUT2D eigenvalue weighted by atomic mass is 19.1. The maximum atomic E-state index is 13.1. The number of benzene rings is 2. The van der Waals surface area contributed by atoms with Crippen molar-refractivity contribution in [3.63, 3.8) is 0 Å². The van der Waals surface area contributed by atoms with Gasteiger partial charge in [-0.05, 0) is 54.8 Å². The first-order valence-electron chi connectivity index (χ1n) is 8.18. The second kappa shape index (κ2) is 7.93. The summed E-state index contributed by atoms with van der Waals surface area (Å²) in [6.45, 7) is 1.73. The highest BCUT2D eigenvalue weighted by Gasteiger charge is 2.21. The number of halogens is 1. The maximum absolute atomic E-state index is 13.1. The summed E-state index contributed by atoms with van der Waals surface area (Å²) >= 11 is 0. The average Bonchev–Trinajstić information content (AvgIpc) is 3.13. The summed E-state index contributed by atoms with van der Waals surface area (Å²) in [5.41, 5.74) is 1.80. The van der Waals surface area contributed by atoms with Crippen LogP contribution in [-0.2, 0) is 17.9 Å². The molecule has 5 heteroatoms. The Bertz CT molecular complexity index is 682. The molecule has 2 N–H and O–H groups in total. The van der Waals surface area contributed by atoms with Crippen molar-refractivity contribution in [3.8, 4) is 5.75 Å². The lowest BCUT2D eigenvalue weighted by Crippen LogP contribution is -2.39. The number of hydrogen-bond donors (Lipinski definition) is 2. The van der Waals surface area contributed by atoms with Gasteiger partial charge in [0.2, 0.25) is 5.91 Å². The van der Waals surface area contributed by atoms with Gasteiger partial charge in [0.15, 0.2) is 0 Å². The molecule has 1 aliphatic rings. The smallest absolute Gasteiger partial charge is 0.237 e. The summed E-state index contributed by atoms with van der Waals surface area (Å²) in [6.07, 6.45) is 1.95. The van der Waals surface area contributed by atoms with Crippen molar-refractivity contribution in [1.29, 1.82) is 0 Å². The van der Waals surface area contributed by atoms with Crippen molar-refractivity contribution in [3.05, 3.63) is 65.5 Å². The monoisotopic (exact) mass is 328 g/mol. The Morgan fingerprint density at radius 1 is 1.21 bits per heavy atom. The quantitative estimate of drug-likeness (QED) is 0.857. The third-order valence-electron chi connectivity index (χ3n) is 4.06. The van der Waals surface area contributed by atoms with Crippen LogP contribution in [0, 0.1) is 5.82 Å². The standard InChI is InChI=1S/C19H21FN2O2/c20-16-4-1-3-15(11-16)13-24-17-8-6-14(7-9-17)12-22-19(23)18-5-2-10-21-18/h1,3-4,6-9,11,18,21H,2,5,10,12-13H2,(H,22,23). The van der Waals surface area contributed by atoms with Gasteiger partial charge in [-0.2, -0.15) is 0 Å². The SMILES string of the molecule is O=C(NCc1ccc(OCc2cccc(F)c2)cc1)C1CCCN1. The molecule has 1 heterocycles. The van der Waals surface area contributed by atoms with E-state index in [4.69, 9.17) is 4.74 Å². The molecule has 1 saturated heterocycles. The molecule has 2 aromatic carbocycles. The molecule has 24 heavy (non-hydrogen) atoms. The van der Waals surface area contributed by atoms with Gasteiger partial charge in [-0.25, -0.2) is 4.39 Å². The molecule has 0 saturated carbocycles. The summed E-state index contributed by atoms with van der Waals surface area (Å²) in [5.74, 6) is 0.504. The van der Waals surface area contributed by atoms with Gasteiger partial charge in [0.1, 0.15) is 18.2 Å². The van der Waals surface area contributed by atoms with E-state index in [1.54, 1.807) is 6.07 Å². The Labute approximate surface area is 141 Å². The molecule has 0 radical (unpaired) electrons. The fraction of sp³-hybridized carbons (Fsp3) is 0.316. The van der Waals surface area contributed by atoms with Crippen molar-refractivity contribution >= 4 is 5.91 Å². The van der Waals surface area contributed by atoms with E-state index >= 15 is 0 Å². The van der Waals surface area contributed by atoms with Gasteiger partial charge in [-0.15, -0.1) is 0 Å². The lowest BCUT2D eigenvalue weighted by atomic mass is 10.2. The molecule has 1 atom stereocenters. The van der Waals surface area contributed by atoms with Gasteiger partial charge >= 0.3 is 0 Å². The number of ether oxygens (including phenoxy) is 1. The van der Waals surface area contributed by atoms with E-state index in [-0.39, 0.29) is 17.8 Å². The van der Waals surface area contributed by atoms with Crippen LogP contribution in [0.1, 0.15) is 24.0 Å². The topological polar surface area (TPSA) is 50.4 Å². The highest BCUT2D eigenvalue weighted by molar-refractivity contribution is 5.81. The largest absolute Gasteiger partial charge is 0.489 e. The molecule has 126 valence electrons. The first-order chi connectivity index (χ1) is 11.7. The summed E-state index contributed by atoms with van der Waals surface area (Å²) < 4.78 is 18.8. The summed E-state index contributed by atoms with van der Waals surface area (Å²) in [4.78, 5) is 11.9. The molecular weight excluding hydrogens is 307 g/mol. The molecule has 1 aliphatic heterocycles. The Morgan fingerprint density at radius 2 is 2.04 bits per heavy atom. The Kier molecular flexibility index (Phi) is 5.43. The number of rotatable bonds is 6. The number of nitrogens with one attached hydrogen (secondary N) is 2. The normalized spacial score (nSPS) is 16.8.